The molecule has 0 heterocycles. The van der Waals surface area contributed by atoms with E-state index in [9.17, 15) is 4.79 Å². The number of benzene rings is 3. The second-order valence-electron chi connectivity index (χ2n) is 6.93. The van der Waals surface area contributed by atoms with Crippen LogP contribution in [-0.2, 0) is 4.79 Å². The summed E-state index contributed by atoms with van der Waals surface area (Å²) in [6.45, 7) is 0. The molecule has 3 aromatic rings. The number of methoxy groups -OCH3 is 1. The number of hydrogen-bond donors (Lipinski definition) is 0. The van der Waals surface area contributed by atoms with Crippen LogP contribution in [0.5, 0.6) is 17.2 Å². The Labute approximate surface area is 165 Å². The van der Waals surface area contributed by atoms with Gasteiger partial charge in [0.1, 0.15) is 17.2 Å². The number of carbonyl (C=O) groups excluding carboxylic acids is 1. The van der Waals surface area contributed by atoms with Crippen molar-refractivity contribution >= 4 is 11.4 Å². The van der Waals surface area contributed by atoms with Gasteiger partial charge in [0.15, 0.2) is 5.78 Å². The van der Waals surface area contributed by atoms with Gasteiger partial charge < -0.3 is 9.47 Å². The van der Waals surface area contributed by atoms with Gasteiger partial charge in [0.2, 0.25) is 0 Å². The molecule has 3 heteroatoms. The van der Waals surface area contributed by atoms with Crippen LogP contribution in [0.1, 0.15) is 29.9 Å². The Bertz CT molecular complexity index is 988. The number of allylic oxidation sites excluding steroid dienone is 2. The van der Waals surface area contributed by atoms with Gasteiger partial charge in [0.05, 0.1) is 7.11 Å². The largest absolute Gasteiger partial charge is 0.497 e. The molecule has 0 radical (unpaired) electrons. The zero-order chi connectivity index (χ0) is 19.3. The molecule has 28 heavy (non-hydrogen) atoms. The molecule has 0 saturated carbocycles. The molecule has 140 valence electrons. The molecule has 0 aliphatic heterocycles. The summed E-state index contributed by atoms with van der Waals surface area (Å²) in [6.07, 6.45) is 3.10. The molecule has 1 atom stereocenters. The fourth-order valence-electron chi connectivity index (χ4n) is 3.63. The van der Waals surface area contributed by atoms with Crippen molar-refractivity contribution in [3.8, 4) is 17.2 Å². The summed E-state index contributed by atoms with van der Waals surface area (Å²) in [4.78, 5) is 12.5. The van der Waals surface area contributed by atoms with Crippen LogP contribution in [0.3, 0.4) is 0 Å². The Kier molecular flexibility index (Phi) is 5.24. The zero-order valence-electron chi connectivity index (χ0n) is 15.8. The fraction of sp³-hybridized carbons (Fsp3) is 0.160. The van der Waals surface area contributed by atoms with Crippen LogP contribution < -0.4 is 9.47 Å². The van der Waals surface area contributed by atoms with E-state index < -0.39 is 0 Å². The minimum atomic E-state index is 0.150. The van der Waals surface area contributed by atoms with Gasteiger partial charge in [-0.05, 0) is 59.9 Å². The second-order valence-corrected chi connectivity index (χ2v) is 6.93. The maximum absolute atomic E-state index is 12.5. The van der Waals surface area contributed by atoms with Crippen molar-refractivity contribution in [2.24, 2.45) is 0 Å². The van der Waals surface area contributed by atoms with Crippen LogP contribution >= 0.6 is 0 Å². The minimum Gasteiger partial charge on any atom is -0.497 e. The molecule has 3 nitrogen and oxygen atoms in total. The average Bonchev–Trinajstić information content (AvgIpc) is 2.74. The summed E-state index contributed by atoms with van der Waals surface area (Å²) in [6, 6.07) is 25.6. The third-order valence-electron chi connectivity index (χ3n) is 5.04. The Balaban J connectivity index is 1.62. The highest BCUT2D eigenvalue weighted by molar-refractivity contribution is 5.99. The van der Waals surface area contributed by atoms with Gasteiger partial charge in [-0.1, -0.05) is 48.5 Å². The quantitative estimate of drug-likeness (QED) is 0.551. The maximum Gasteiger partial charge on any atom is 0.156 e. The summed E-state index contributed by atoms with van der Waals surface area (Å²) in [5, 5.41) is 0. The van der Waals surface area contributed by atoms with Crippen molar-refractivity contribution in [3.63, 3.8) is 0 Å². The van der Waals surface area contributed by atoms with Crippen LogP contribution in [0.25, 0.3) is 5.57 Å². The zero-order valence-corrected chi connectivity index (χ0v) is 15.8. The molecule has 1 aliphatic carbocycles. The monoisotopic (exact) mass is 370 g/mol. The third-order valence-corrected chi connectivity index (χ3v) is 5.04. The van der Waals surface area contributed by atoms with Crippen molar-refractivity contribution in [2.75, 3.05) is 7.11 Å². The standard InChI is InChI=1S/C25H22O3/c1-27-22-13-11-18(12-14-22)19-15-20(17-21(26)16-19)24-9-5-6-10-25(24)28-23-7-3-2-4-8-23/h2-14,17,19H,15-16H2,1H3/t19-/m1/s1. The number of rotatable bonds is 5. The van der Waals surface area contributed by atoms with E-state index in [1.165, 1.54) is 0 Å². The molecule has 0 spiro atoms. The van der Waals surface area contributed by atoms with Crippen molar-refractivity contribution in [2.45, 2.75) is 18.8 Å². The summed E-state index contributed by atoms with van der Waals surface area (Å²) in [7, 11) is 1.66. The van der Waals surface area contributed by atoms with Crippen LogP contribution in [0.4, 0.5) is 0 Å². The molecule has 0 N–H and O–H groups in total. The van der Waals surface area contributed by atoms with E-state index in [2.05, 4.69) is 0 Å². The Morgan fingerprint density at radius 1 is 0.786 bits per heavy atom. The van der Waals surface area contributed by atoms with E-state index in [1.807, 2.05) is 78.9 Å². The normalized spacial score (nSPS) is 16.4. The molecule has 0 saturated heterocycles. The van der Waals surface area contributed by atoms with Gasteiger partial charge in [-0.2, -0.15) is 0 Å². The van der Waals surface area contributed by atoms with Gasteiger partial charge in [-0.15, -0.1) is 0 Å². The Morgan fingerprint density at radius 3 is 2.25 bits per heavy atom. The molecular weight excluding hydrogens is 348 g/mol. The third kappa shape index (κ3) is 3.99. The SMILES string of the molecule is COc1ccc([C@H]2CC(=O)C=C(c3ccccc3Oc3ccccc3)C2)cc1. The summed E-state index contributed by atoms with van der Waals surface area (Å²) in [5.41, 5.74) is 3.14. The Morgan fingerprint density at radius 2 is 1.50 bits per heavy atom. The van der Waals surface area contributed by atoms with Gasteiger partial charge >= 0.3 is 0 Å². The lowest BCUT2D eigenvalue weighted by Crippen LogP contribution is -2.12. The maximum atomic E-state index is 12.5. The van der Waals surface area contributed by atoms with Crippen LogP contribution in [0, 0.1) is 0 Å². The first-order valence-corrected chi connectivity index (χ1v) is 9.42. The van der Waals surface area contributed by atoms with Crippen molar-refractivity contribution in [1.29, 1.82) is 0 Å². The number of ketones is 1. The average molecular weight is 370 g/mol. The number of carbonyl (C=O) groups is 1. The first-order chi connectivity index (χ1) is 13.7. The molecule has 4 rings (SSSR count). The Hall–Kier alpha value is -3.33. The highest BCUT2D eigenvalue weighted by Gasteiger charge is 2.24. The number of para-hydroxylation sites is 2. The van der Waals surface area contributed by atoms with Crippen LogP contribution in [0.15, 0.2) is 84.9 Å². The van der Waals surface area contributed by atoms with E-state index >= 15 is 0 Å². The summed E-state index contributed by atoms with van der Waals surface area (Å²) in [5.74, 6) is 2.68. The first-order valence-electron chi connectivity index (χ1n) is 9.42. The van der Waals surface area contributed by atoms with E-state index in [-0.39, 0.29) is 11.7 Å². The second kappa shape index (κ2) is 8.13. The molecule has 1 aliphatic rings. The van der Waals surface area contributed by atoms with Crippen LogP contribution in [-0.4, -0.2) is 12.9 Å². The predicted octanol–water partition coefficient (Wildman–Crippen LogP) is 6.02. The smallest absolute Gasteiger partial charge is 0.156 e. The lowest BCUT2D eigenvalue weighted by Gasteiger charge is -2.24. The van der Waals surface area contributed by atoms with E-state index in [1.54, 1.807) is 13.2 Å². The summed E-state index contributed by atoms with van der Waals surface area (Å²) >= 11 is 0. The fourth-order valence-corrected chi connectivity index (χ4v) is 3.63. The molecule has 3 aromatic carbocycles. The minimum absolute atomic E-state index is 0.150. The van der Waals surface area contributed by atoms with Gasteiger partial charge in [-0.3, -0.25) is 4.79 Å². The number of hydrogen-bond acceptors (Lipinski definition) is 3. The highest BCUT2D eigenvalue weighted by atomic mass is 16.5. The van der Waals surface area contributed by atoms with Crippen LogP contribution in [0.2, 0.25) is 0 Å². The molecule has 0 bridgehead atoms. The molecule has 0 fully saturated rings. The predicted molar refractivity (Wildman–Crippen MR) is 111 cm³/mol. The van der Waals surface area contributed by atoms with E-state index in [0.717, 1.165) is 40.4 Å². The van der Waals surface area contributed by atoms with Crippen molar-refractivity contribution < 1.29 is 14.3 Å². The topological polar surface area (TPSA) is 35.5 Å². The number of ether oxygens (including phenoxy) is 2. The van der Waals surface area contributed by atoms with Gasteiger partial charge in [-0.25, -0.2) is 0 Å². The van der Waals surface area contributed by atoms with Crippen molar-refractivity contribution in [1.82, 2.24) is 0 Å². The molecule has 0 amide bonds. The van der Waals surface area contributed by atoms with E-state index in [4.69, 9.17) is 9.47 Å². The highest BCUT2D eigenvalue weighted by Crippen LogP contribution is 2.40. The molecule has 0 unspecified atom stereocenters. The lowest BCUT2D eigenvalue weighted by molar-refractivity contribution is -0.115. The molecule has 0 aromatic heterocycles. The van der Waals surface area contributed by atoms with Gasteiger partial charge in [0.25, 0.3) is 0 Å². The van der Waals surface area contributed by atoms with Gasteiger partial charge in [0, 0.05) is 12.0 Å². The van der Waals surface area contributed by atoms with Crippen molar-refractivity contribution in [3.05, 3.63) is 96.1 Å². The molecular formula is C25H22O3. The van der Waals surface area contributed by atoms with E-state index in [0.29, 0.717) is 6.42 Å². The summed E-state index contributed by atoms with van der Waals surface area (Å²) < 4.78 is 11.3. The first kappa shape index (κ1) is 18.1. The lowest BCUT2D eigenvalue weighted by atomic mass is 9.81.